The molecule has 0 fully saturated rings. The summed E-state index contributed by atoms with van der Waals surface area (Å²) in [4.78, 5) is 2.27. The van der Waals surface area contributed by atoms with E-state index in [9.17, 15) is 0 Å². The summed E-state index contributed by atoms with van der Waals surface area (Å²) >= 11 is 1.85. The molecule has 0 amide bonds. The van der Waals surface area contributed by atoms with Crippen LogP contribution in [0.1, 0.15) is 16.7 Å². The van der Waals surface area contributed by atoms with Gasteiger partial charge in [-0.3, -0.25) is 0 Å². The summed E-state index contributed by atoms with van der Waals surface area (Å²) in [6.07, 6.45) is 20.0. The Bertz CT molecular complexity index is 3200. The fourth-order valence-electron chi connectivity index (χ4n) is 8.07. The van der Waals surface area contributed by atoms with Gasteiger partial charge in [-0.15, -0.1) is 11.3 Å². The number of rotatable bonds is 12. The van der Waals surface area contributed by atoms with Crippen molar-refractivity contribution in [1.29, 1.82) is 0 Å². The van der Waals surface area contributed by atoms with Crippen molar-refractivity contribution >= 4 is 82.2 Å². The Morgan fingerprint density at radius 2 is 1.17 bits per heavy atom. The van der Waals surface area contributed by atoms with Gasteiger partial charge in [0, 0.05) is 37.7 Å². The molecular formula is C58H43NS. The highest BCUT2D eigenvalue weighted by atomic mass is 32.1. The second-order valence-corrected chi connectivity index (χ2v) is 15.8. The summed E-state index contributed by atoms with van der Waals surface area (Å²) in [6.45, 7) is 11.9. The number of hydrogen-bond donors (Lipinski definition) is 0. The average Bonchev–Trinajstić information content (AvgIpc) is 3.68. The van der Waals surface area contributed by atoms with E-state index >= 15 is 0 Å². The second-order valence-electron chi connectivity index (χ2n) is 14.7. The molecule has 2 heteroatoms. The van der Waals surface area contributed by atoms with Gasteiger partial charge in [-0.25, -0.2) is 0 Å². The van der Waals surface area contributed by atoms with E-state index in [4.69, 9.17) is 0 Å². The quantitative estimate of drug-likeness (QED) is 0.0881. The van der Waals surface area contributed by atoms with Crippen LogP contribution < -0.4 is 4.90 Å². The molecule has 0 unspecified atom stereocenters. The zero-order chi connectivity index (χ0) is 40.8. The lowest BCUT2D eigenvalue weighted by molar-refractivity contribution is 1.28. The summed E-state index contributed by atoms with van der Waals surface area (Å²) in [6, 6.07) is 59.5. The molecule has 0 bridgehead atoms. The Labute approximate surface area is 356 Å². The van der Waals surface area contributed by atoms with Gasteiger partial charge < -0.3 is 4.90 Å². The van der Waals surface area contributed by atoms with Crippen molar-refractivity contribution in [1.82, 2.24) is 0 Å². The molecule has 1 nitrogen and oxygen atoms in total. The van der Waals surface area contributed by atoms with E-state index in [1.807, 2.05) is 29.6 Å². The van der Waals surface area contributed by atoms with Crippen LogP contribution in [0.2, 0.25) is 0 Å². The van der Waals surface area contributed by atoms with Gasteiger partial charge in [0.1, 0.15) is 0 Å². The smallest absolute Gasteiger partial charge is 0.0461 e. The molecule has 9 aromatic rings. The maximum Gasteiger partial charge on any atom is 0.0461 e. The van der Waals surface area contributed by atoms with E-state index in [2.05, 4.69) is 219 Å². The number of thiophene rings is 1. The van der Waals surface area contributed by atoms with Crippen LogP contribution in [0.15, 0.2) is 232 Å². The number of allylic oxidation sites excluding steroid dienone is 8. The van der Waals surface area contributed by atoms with Crippen LogP contribution in [0.25, 0.3) is 81.7 Å². The number of hydrogen-bond acceptors (Lipinski definition) is 2. The minimum atomic E-state index is 1.02. The van der Waals surface area contributed by atoms with Gasteiger partial charge in [-0.05, 0) is 127 Å². The standard InChI is InChI=1S/C58H43NS/c1-4-7-17-42-28-29-45(37-44(42)18-8-5-2)41(6-3)21-16-36-59(49-33-30-43(31-34-49)46-32-35-58-56(39-46)54-26-13-14-27-57(54)60-58)50-22-15-20-47(38-50)55-40-48-19-9-10-23-51(48)52-24-11-12-25-53(52)55/h4-40H,1-3H2/b17-7-,18-8-,36-16+,41-21+. The van der Waals surface area contributed by atoms with Crippen molar-refractivity contribution in [3.63, 3.8) is 0 Å². The zero-order valence-electron chi connectivity index (χ0n) is 33.3. The molecule has 286 valence electrons. The van der Waals surface area contributed by atoms with Crippen LogP contribution in [0.5, 0.6) is 0 Å². The molecular weight excluding hydrogens is 743 g/mol. The van der Waals surface area contributed by atoms with Gasteiger partial charge in [-0.1, -0.05) is 178 Å². The van der Waals surface area contributed by atoms with Crippen LogP contribution in [0.3, 0.4) is 0 Å². The van der Waals surface area contributed by atoms with Gasteiger partial charge in [0.25, 0.3) is 0 Å². The minimum absolute atomic E-state index is 1.02. The maximum absolute atomic E-state index is 4.20. The molecule has 0 N–H and O–H groups in total. The molecule has 0 atom stereocenters. The third-order valence-electron chi connectivity index (χ3n) is 11.0. The topological polar surface area (TPSA) is 3.24 Å². The van der Waals surface area contributed by atoms with Gasteiger partial charge >= 0.3 is 0 Å². The third-order valence-corrected chi connectivity index (χ3v) is 12.2. The normalized spacial score (nSPS) is 12.1. The Morgan fingerprint density at radius 3 is 1.97 bits per heavy atom. The molecule has 0 radical (unpaired) electrons. The van der Waals surface area contributed by atoms with E-state index in [-0.39, 0.29) is 0 Å². The first kappa shape index (κ1) is 38.0. The van der Waals surface area contributed by atoms with Crippen molar-refractivity contribution < 1.29 is 0 Å². The fourth-order valence-corrected chi connectivity index (χ4v) is 9.15. The molecule has 1 heterocycles. The predicted octanol–water partition coefficient (Wildman–Crippen LogP) is 17.0. The van der Waals surface area contributed by atoms with Gasteiger partial charge in [0.15, 0.2) is 0 Å². The molecule has 0 aliphatic carbocycles. The second kappa shape index (κ2) is 17.1. The van der Waals surface area contributed by atoms with Gasteiger partial charge in [0.2, 0.25) is 0 Å². The SMILES string of the molecule is C=C/C=C\c1ccc(/C(C=C)=C/C=C/N(c2ccc(-c3ccc4sc5ccccc5c4c3)cc2)c2cccc(-c3cc4ccccc4c4ccccc34)c2)cc1/C=C\C=C. The minimum Gasteiger partial charge on any atom is -0.317 e. The number of fused-ring (bicyclic) bond motifs is 6. The van der Waals surface area contributed by atoms with Gasteiger partial charge in [-0.2, -0.15) is 0 Å². The van der Waals surface area contributed by atoms with Crippen LogP contribution in [0, 0.1) is 0 Å². The first-order valence-corrected chi connectivity index (χ1v) is 21.0. The Hall–Kier alpha value is -7.52. The first-order valence-electron chi connectivity index (χ1n) is 20.2. The van der Waals surface area contributed by atoms with E-state index in [0.717, 1.165) is 39.2 Å². The summed E-state index contributed by atoms with van der Waals surface area (Å²) in [5, 5.41) is 7.60. The highest BCUT2D eigenvalue weighted by Crippen LogP contribution is 2.39. The Morgan fingerprint density at radius 1 is 0.467 bits per heavy atom. The summed E-state index contributed by atoms with van der Waals surface area (Å²) in [7, 11) is 0. The average molecular weight is 786 g/mol. The Kier molecular flexibility index (Phi) is 10.9. The molecule has 0 saturated carbocycles. The largest absolute Gasteiger partial charge is 0.317 e. The molecule has 8 aromatic carbocycles. The number of anilines is 2. The van der Waals surface area contributed by atoms with E-state index in [1.54, 1.807) is 12.2 Å². The molecule has 1 aromatic heterocycles. The monoisotopic (exact) mass is 785 g/mol. The first-order chi connectivity index (χ1) is 29.6. The highest BCUT2D eigenvalue weighted by Gasteiger charge is 2.13. The molecule has 0 aliphatic rings. The molecule has 9 rings (SSSR count). The van der Waals surface area contributed by atoms with Crippen LogP contribution in [-0.4, -0.2) is 0 Å². The van der Waals surface area contributed by atoms with Crippen LogP contribution in [0.4, 0.5) is 11.4 Å². The fraction of sp³-hybridized carbons (Fsp3) is 0. The lowest BCUT2D eigenvalue weighted by Crippen LogP contribution is -2.08. The van der Waals surface area contributed by atoms with E-state index in [0.29, 0.717) is 0 Å². The van der Waals surface area contributed by atoms with Crippen molar-refractivity contribution in [2.45, 2.75) is 0 Å². The van der Waals surface area contributed by atoms with Crippen molar-refractivity contribution in [2.75, 3.05) is 4.90 Å². The van der Waals surface area contributed by atoms with Crippen molar-refractivity contribution in [2.24, 2.45) is 0 Å². The summed E-state index contributed by atoms with van der Waals surface area (Å²) in [5.74, 6) is 0. The van der Waals surface area contributed by atoms with Crippen molar-refractivity contribution in [3.8, 4) is 22.3 Å². The van der Waals surface area contributed by atoms with Gasteiger partial charge in [0.05, 0.1) is 0 Å². The van der Waals surface area contributed by atoms with E-state index in [1.165, 1.54) is 58.4 Å². The van der Waals surface area contributed by atoms with Crippen molar-refractivity contribution in [3.05, 3.63) is 249 Å². The third kappa shape index (κ3) is 7.60. The zero-order valence-corrected chi connectivity index (χ0v) is 34.2. The molecule has 0 spiro atoms. The highest BCUT2D eigenvalue weighted by molar-refractivity contribution is 7.25. The molecule has 60 heavy (non-hydrogen) atoms. The lowest BCUT2D eigenvalue weighted by atomic mass is 9.93. The Balaban J connectivity index is 1.12. The number of benzene rings is 8. The molecule has 0 aliphatic heterocycles. The molecule has 0 saturated heterocycles. The summed E-state index contributed by atoms with van der Waals surface area (Å²) < 4.78 is 2.63. The van der Waals surface area contributed by atoms with E-state index < -0.39 is 0 Å². The van der Waals surface area contributed by atoms with Crippen LogP contribution >= 0.6 is 11.3 Å². The predicted molar refractivity (Wildman–Crippen MR) is 266 cm³/mol. The number of nitrogens with zero attached hydrogens (tertiary/aromatic N) is 1. The van der Waals surface area contributed by atoms with Crippen LogP contribution in [-0.2, 0) is 0 Å². The summed E-state index contributed by atoms with van der Waals surface area (Å²) in [5.41, 5.74) is 11.2. The maximum atomic E-state index is 4.20. The lowest BCUT2D eigenvalue weighted by Gasteiger charge is -2.22.